The van der Waals surface area contributed by atoms with Crippen LogP contribution in [0.25, 0.3) is 10.2 Å². The van der Waals surface area contributed by atoms with Gasteiger partial charge in [-0.05, 0) is 37.0 Å². The zero-order valence-electron chi connectivity index (χ0n) is 17.1. The molecule has 0 bridgehead atoms. The normalized spacial score (nSPS) is 16.7. The molecule has 0 aliphatic carbocycles. The van der Waals surface area contributed by atoms with E-state index in [0.29, 0.717) is 6.10 Å². The number of thioether (sulfide) groups is 2. The van der Waals surface area contributed by atoms with Crippen molar-refractivity contribution >= 4 is 45.1 Å². The average molecular weight is 469 g/mol. The van der Waals surface area contributed by atoms with Crippen LogP contribution in [0.15, 0.2) is 64.1 Å². The fourth-order valence-corrected chi connectivity index (χ4v) is 6.63. The molecule has 2 aromatic carbocycles. The van der Waals surface area contributed by atoms with E-state index in [4.69, 9.17) is 9.72 Å². The Morgan fingerprint density at radius 1 is 1.00 bits per heavy atom. The second-order valence-electron chi connectivity index (χ2n) is 7.51. The van der Waals surface area contributed by atoms with E-state index in [2.05, 4.69) is 63.3 Å². The highest BCUT2D eigenvalue weighted by atomic mass is 32.2. The van der Waals surface area contributed by atoms with Gasteiger partial charge in [-0.1, -0.05) is 66.0 Å². The maximum Gasteiger partial charge on any atom is 0.191 e. The van der Waals surface area contributed by atoms with Gasteiger partial charge < -0.3 is 9.30 Å². The number of benzene rings is 2. The molecule has 1 aliphatic rings. The van der Waals surface area contributed by atoms with Crippen molar-refractivity contribution in [3.05, 3.63) is 66.0 Å². The van der Waals surface area contributed by atoms with Crippen LogP contribution in [0.2, 0.25) is 0 Å². The predicted molar refractivity (Wildman–Crippen MR) is 129 cm³/mol. The van der Waals surface area contributed by atoms with Gasteiger partial charge in [0.05, 0.1) is 28.6 Å². The van der Waals surface area contributed by atoms with Gasteiger partial charge in [-0.15, -0.1) is 21.5 Å². The van der Waals surface area contributed by atoms with Gasteiger partial charge in [-0.3, -0.25) is 0 Å². The van der Waals surface area contributed by atoms with Crippen molar-refractivity contribution in [3.8, 4) is 0 Å². The monoisotopic (exact) mass is 468 g/mol. The highest BCUT2D eigenvalue weighted by Crippen LogP contribution is 2.32. The molecule has 8 heteroatoms. The molecule has 1 saturated heterocycles. The zero-order valence-corrected chi connectivity index (χ0v) is 19.6. The highest BCUT2D eigenvalue weighted by molar-refractivity contribution is 8.00. The third-order valence-corrected chi connectivity index (χ3v) is 8.52. The molecule has 160 valence electrons. The summed E-state index contributed by atoms with van der Waals surface area (Å²) < 4.78 is 10.5. The van der Waals surface area contributed by atoms with Crippen LogP contribution >= 0.6 is 34.9 Å². The molecule has 31 heavy (non-hydrogen) atoms. The van der Waals surface area contributed by atoms with Crippen molar-refractivity contribution in [1.29, 1.82) is 0 Å². The van der Waals surface area contributed by atoms with E-state index >= 15 is 0 Å². The molecule has 0 amide bonds. The van der Waals surface area contributed by atoms with Crippen molar-refractivity contribution in [2.75, 3.05) is 12.4 Å². The van der Waals surface area contributed by atoms with E-state index in [0.717, 1.165) is 51.9 Å². The van der Waals surface area contributed by atoms with Gasteiger partial charge in [0.1, 0.15) is 5.82 Å². The van der Waals surface area contributed by atoms with Crippen LogP contribution in [0.1, 0.15) is 30.7 Å². The molecule has 0 saturated carbocycles. The molecule has 0 unspecified atom stereocenters. The highest BCUT2D eigenvalue weighted by Gasteiger charge is 2.19. The number of nitrogens with zero attached hydrogens (tertiary/aromatic N) is 4. The predicted octanol–water partition coefficient (Wildman–Crippen LogP) is 5.89. The van der Waals surface area contributed by atoms with E-state index in [9.17, 15) is 0 Å². The minimum Gasteiger partial charge on any atom is -0.377 e. The Bertz CT molecular complexity index is 1090. The number of para-hydroxylation sites is 1. The van der Waals surface area contributed by atoms with Crippen LogP contribution in [0.3, 0.4) is 0 Å². The van der Waals surface area contributed by atoms with Gasteiger partial charge in [0.2, 0.25) is 0 Å². The maximum atomic E-state index is 5.91. The fourth-order valence-electron chi connectivity index (χ4n) is 3.60. The Kier molecular flexibility index (Phi) is 6.89. The largest absolute Gasteiger partial charge is 0.377 e. The number of fused-ring (bicyclic) bond motifs is 1. The SMILES string of the molecule is c1ccc(Cn2c(CSc3nc4ccccc4s3)nnc2SC[C@@H]2CCCCO2)cc1. The topological polar surface area (TPSA) is 52.8 Å². The maximum absolute atomic E-state index is 5.91. The smallest absolute Gasteiger partial charge is 0.191 e. The lowest BCUT2D eigenvalue weighted by molar-refractivity contribution is 0.0315. The molecule has 2 aromatic heterocycles. The molecular weight excluding hydrogens is 444 g/mol. The summed E-state index contributed by atoms with van der Waals surface area (Å²) in [5.74, 6) is 2.66. The summed E-state index contributed by atoms with van der Waals surface area (Å²) in [5.41, 5.74) is 2.31. The van der Waals surface area contributed by atoms with Crippen molar-refractivity contribution in [3.63, 3.8) is 0 Å². The van der Waals surface area contributed by atoms with E-state index in [1.807, 2.05) is 6.07 Å². The zero-order chi connectivity index (χ0) is 20.9. The first-order chi connectivity index (χ1) is 15.3. The summed E-state index contributed by atoms with van der Waals surface area (Å²) in [4.78, 5) is 4.75. The third-order valence-electron chi connectivity index (χ3n) is 5.25. The van der Waals surface area contributed by atoms with Crippen molar-refractivity contribution in [2.45, 2.75) is 47.2 Å². The fraction of sp³-hybridized carbons (Fsp3) is 0.348. The Hall–Kier alpha value is -1.87. The summed E-state index contributed by atoms with van der Waals surface area (Å²) in [5, 5.41) is 10.1. The summed E-state index contributed by atoms with van der Waals surface area (Å²) in [6.07, 6.45) is 3.89. The van der Waals surface area contributed by atoms with Crippen LogP contribution in [0, 0.1) is 0 Å². The number of aromatic nitrogens is 4. The quantitative estimate of drug-likeness (QED) is 0.301. The van der Waals surface area contributed by atoms with Crippen LogP contribution < -0.4 is 0 Å². The second-order valence-corrected chi connectivity index (χ2v) is 10.7. The molecule has 0 N–H and O–H groups in total. The molecule has 3 heterocycles. The lowest BCUT2D eigenvalue weighted by Gasteiger charge is -2.22. The van der Waals surface area contributed by atoms with Crippen molar-refractivity contribution in [2.24, 2.45) is 0 Å². The number of thiazole rings is 1. The molecule has 4 aromatic rings. The lowest BCUT2D eigenvalue weighted by atomic mass is 10.1. The van der Waals surface area contributed by atoms with E-state index in [1.54, 1.807) is 34.9 Å². The molecule has 0 radical (unpaired) electrons. The molecule has 5 nitrogen and oxygen atoms in total. The summed E-state index contributed by atoms with van der Waals surface area (Å²) in [6.45, 7) is 1.66. The summed E-state index contributed by atoms with van der Waals surface area (Å²) >= 11 is 5.23. The molecule has 1 atom stereocenters. The van der Waals surface area contributed by atoms with Crippen LogP contribution in [0.4, 0.5) is 0 Å². The van der Waals surface area contributed by atoms with Gasteiger partial charge in [0.15, 0.2) is 9.50 Å². The van der Waals surface area contributed by atoms with Crippen LogP contribution in [-0.2, 0) is 17.0 Å². The first kappa shape index (κ1) is 21.0. The standard InChI is InChI=1S/C23H24N4OS3/c1-2-8-17(9-3-1)14-27-21(16-30-23-24-19-11-4-5-12-20(19)31-23)25-26-22(27)29-15-18-10-6-7-13-28-18/h1-5,8-9,11-12,18H,6-7,10,13-16H2/t18-/m0/s1. The first-order valence-electron chi connectivity index (χ1n) is 10.5. The summed E-state index contributed by atoms with van der Waals surface area (Å²) in [6, 6.07) is 18.8. The van der Waals surface area contributed by atoms with E-state index in [1.165, 1.54) is 23.1 Å². The molecule has 0 spiro atoms. The molecule has 5 rings (SSSR count). The van der Waals surface area contributed by atoms with Gasteiger partial charge >= 0.3 is 0 Å². The first-order valence-corrected chi connectivity index (χ1v) is 13.3. The Balaban J connectivity index is 1.33. The lowest BCUT2D eigenvalue weighted by Crippen LogP contribution is -2.21. The summed E-state index contributed by atoms with van der Waals surface area (Å²) in [7, 11) is 0. The second kappa shape index (κ2) is 10.2. The van der Waals surface area contributed by atoms with E-state index < -0.39 is 0 Å². The number of hydrogen-bond acceptors (Lipinski definition) is 7. The number of ether oxygens (including phenoxy) is 1. The Morgan fingerprint density at radius 2 is 1.87 bits per heavy atom. The van der Waals surface area contributed by atoms with Gasteiger partial charge in [0.25, 0.3) is 0 Å². The Labute approximate surface area is 194 Å². The molecular formula is C23H24N4OS3. The van der Waals surface area contributed by atoms with Crippen molar-refractivity contribution in [1.82, 2.24) is 19.7 Å². The number of hydrogen-bond donors (Lipinski definition) is 0. The average Bonchev–Trinajstić information content (AvgIpc) is 3.41. The van der Waals surface area contributed by atoms with Crippen molar-refractivity contribution < 1.29 is 4.74 Å². The number of rotatable bonds is 8. The van der Waals surface area contributed by atoms with Gasteiger partial charge in [-0.25, -0.2) is 4.98 Å². The van der Waals surface area contributed by atoms with Crippen LogP contribution in [0.5, 0.6) is 0 Å². The Morgan fingerprint density at radius 3 is 2.71 bits per heavy atom. The van der Waals surface area contributed by atoms with Gasteiger partial charge in [0, 0.05) is 12.4 Å². The van der Waals surface area contributed by atoms with Gasteiger partial charge in [-0.2, -0.15) is 0 Å². The van der Waals surface area contributed by atoms with E-state index in [-0.39, 0.29) is 0 Å². The minimum absolute atomic E-state index is 0.321. The third kappa shape index (κ3) is 5.31. The molecule has 1 aliphatic heterocycles. The minimum atomic E-state index is 0.321. The van der Waals surface area contributed by atoms with Crippen LogP contribution in [-0.4, -0.2) is 38.2 Å². The molecule has 1 fully saturated rings.